The number of primary amides is 1. The molecule has 0 saturated heterocycles. The second-order valence-corrected chi connectivity index (χ2v) is 10.9. The molecule has 11 nitrogen and oxygen atoms in total. The van der Waals surface area contributed by atoms with Crippen molar-refractivity contribution in [1.82, 2.24) is 4.90 Å². The summed E-state index contributed by atoms with van der Waals surface area (Å²) in [5.74, 6) is -6.80. The zero-order valence-corrected chi connectivity index (χ0v) is 21.6. The molecule has 1 heterocycles. The summed E-state index contributed by atoms with van der Waals surface area (Å²) >= 11 is 0. The van der Waals surface area contributed by atoms with E-state index in [9.17, 15) is 34.8 Å². The normalized spacial score (nSPS) is 30.3. The van der Waals surface area contributed by atoms with Crippen molar-refractivity contribution in [3.05, 3.63) is 39.7 Å². The van der Waals surface area contributed by atoms with Gasteiger partial charge in [-0.2, -0.15) is 0 Å². The lowest BCUT2D eigenvalue weighted by Gasteiger charge is -2.50. The number of carbonyl (C=O) groups is 3. The third kappa shape index (κ3) is 3.36. The van der Waals surface area contributed by atoms with Crippen molar-refractivity contribution in [1.29, 1.82) is 0 Å². The van der Waals surface area contributed by atoms with Gasteiger partial charge >= 0.3 is 0 Å². The number of nitrogens with two attached hydrogens (primary N) is 1. The summed E-state index contributed by atoms with van der Waals surface area (Å²) in [6.07, 6.45) is 2.55. The van der Waals surface area contributed by atoms with Gasteiger partial charge in [-0.25, -0.2) is 0 Å². The Morgan fingerprint density at radius 2 is 1.87 bits per heavy atom. The van der Waals surface area contributed by atoms with Crippen LogP contribution in [0.25, 0.3) is 5.76 Å². The molecule has 5 rings (SSSR count). The molecule has 1 fully saturated rings. The number of fused-ring (bicyclic) bond motifs is 3. The van der Waals surface area contributed by atoms with Gasteiger partial charge in [0, 0.05) is 42.8 Å². The van der Waals surface area contributed by atoms with E-state index < -0.39 is 58.0 Å². The molecule has 38 heavy (non-hydrogen) atoms. The fourth-order valence-electron chi connectivity index (χ4n) is 6.60. The molecule has 4 aliphatic rings. The summed E-state index contributed by atoms with van der Waals surface area (Å²) < 4.78 is 0. The van der Waals surface area contributed by atoms with Crippen molar-refractivity contribution in [2.45, 2.75) is 36.7 Å². The molecule has 1 aliphatic heterocycles. The van der Waals surface area contributed by atoms with Gasteiger partial charge in [0.1, 0.15) is 22.8 Å². The van der Waals surface area contributed by atoms with Crippen molar-refractivity contribution in [3.8, 4) is 5.75 Å². The quantitative estimate of drug-likeness (QED) is 0.274. The first kappa shape index (κ1) is 26.0. The summed E-state index contributed by atoms with van der Waals surface area (Å²) in [7, 11) is 8.54. The number of phenols is 1. The van der Waals surface area contributed by atoms with Gasteiger partial charge in [0.05, 0.1) is 11.6 Å². The Labute approximate surface area is 220 Å². The zero-order valence-electron chi connectivity index (χ0n) is 21.6. The zero-order chi connectivity index (χ0) is 27.8. The number of carbonyl (C=O) groups excluding carboxylic acids is 3. The van der Waals surface area contributed by atoms with Crippen LogP contribution >= 0.6 is 0 Å². The van der Waals surface area contributed by atoms with Gasteiger partial charge in [0.25, 0.3) is 13.3 Å². The van der Waals surface area contributed by atoms with Gasteiger partial charge in [-0.3, -0.25) is 19.3 Å². The molecule has 0 bridgehead atoms. The van der Waals surface area contributed by atoms with Crippen molar-refractivity contribution in [2.75, 3.05) is 33.1 Å². The summed E-state index contributed by atoms with van der Waals surface area (Å²) in [6, 6.07) is 0.735. The molecule has 2 unspecified atom stereocenters. The van der Waals surface area contributed by atoms with E-state index in [1.54, 1.807) is 27.7 Å². The number of aliphatic hydroxyl groups excluding tert-OH is 2. The number of amides is 1. The fraction of sp³-hybridized carbons (Fsp3) is 0.462. The average Bonchev–Trinajstić information content (AvgIpc) is 3.35. The Morgan fingerprint density at radius 3 is 2.42 bits per heavy atom. The van der Waals surface area contributed by atoms with Crippen molar-refractivity contribution in [3.63, 3.8) is 0 Å². The molecular weight excluding hydrogens is 491 g/mol. The molecule has 1 aromatic rings. The van der Waals surface area contributed by atoms with Crippen LogP contribution in [0.3, 0.4) is 0 Å². The second kappa shape index (κ2) is 8.70. The number of hydrogen-bond acceptors (Lipinski definition) is 10. The first-order chi connectivity index (χ1) is 17.8. The van der Waals surface area contributed by atoms with Crippen LogP contribution < -0.4 is 10.6 Å². The van der Waals surface area contributed by atoms with E-state index in [1.165, 1.54) is 4.90 Å². The predicted molar refractivity (Wildman–Crippen MR) is 140 cm³/mol. The smallest absolute Gasteiger partial charge is 0.275 e. The van der Waals surface area contributed by atoms with Crippen LogP contribution in [0.15, 0.2) is 27.9 Å². The molecule has 0 aromatic heterocycles. The standard InChI is InChI=1S/C26H30BN4O7/c1-30(2)15-7-12(11-8-27-29-9-11)20(32)17-13(15)5-10-6-14-19(31(3)4)22(34)18(25(28)37)24(36)26(14,38)23(35)16(10)21(17)33/h7,9-11,14,19,32-33,36,38H,5-6,8H2,1-4H3,(H2,28,37)/t10-,11?,14?,19-,26-/m0/s1. The number of phenolic OH excluding ortho intramolecular Hbond substituents is 1. The molecule has 1 amide bonds. The Bertz CT molecular complexity index is 1380. The number of ketones is 2. The molecule has 12 heteroatoms. The van der Waals surface area contributed by atoms with Crippen LogP contribution in [-0.2, 0) is 20.8 Å². The minimum atomic E-state index is -2.66. The van der Waals surface area contributed by atoms with Crippen LogP contribution in [0.5, 0.6) is 5.75 Å². The monoisotopic (exact) mass is 521 g/mol. The van der Waals surface area contributed by atoms with Crippen LogP contribution in [0, 0.1) is 11.8 Å². The van der Waals surface area contributed by atoms with E-state index in [0.717, 1.165) is 5.69 Å². The number of hydrogen-bond donors (Lipinski definition) is 5. The van der Waals surface area contributed by atoms with Crippen molar-refractivity contribution in [2.24, 2.45) is 22.5 Å². The summed E-state index contributed by atoms with van der Waals surface area (Å²) in [5.41, 5.74) is 3.71. The third-order valence-electron chi connectivity index (χ3n) is 8.34. The van der Waals surface area contributed by atoms with Gasteiger partial charge in [-0.1, -0.05) is 0 Å². The van der Waals surface area contributed by atoms with Gasteiger partial charge in [-0.15, -0.1) is 0 Å². The highest BCUT2D eigenvalue weighted by Crippen LogP contribution is 2.54. The van der Waals surface area contributed by atoms with E-state index in [-0.39, 0.29) is 35.6 Å². The number of Topliss-reactive ketones (excluding diaryl/α,β-unsaturated/α-hetero) is 2. The lowest BCUT2D eigenvalue weighted by atomic mass is 9.57. The maximum atomic E-state index is 14.0. The van der Waals surface area contributed by atoms with Crippen LogP contribution in [0.4, 0.5) is 5.69 Å². The average molecular weight is 521 g/mol. The highest BCUT2D eigenvalue weighted by Gasteiger charge is 2.64. The molecular formula is C26H30BN4O7. The SMILES string of the molecule is CN(C)c1cc(C2C=N[B]C2)c(O)c2c1C[C@H]1CC3[C@H](N(C)C)C(=O)C(C(N)=O)=C(O)[C@@]3(O)C(=O)C1=C2O. The number of aliphatic hydroxyl groups is 3. The number of nitrogens with zero attached hydrogens (tertiary/aromatic N) is 3. The molecule has 6 N–H and O–H groups in total. The minimum absolute atomic E-state index is 0.0470. The van der Waals surface area contributed by atoms with Crippen molar-refractivity contribution < 1.29 is 34.8 Å². The molecule has 1 aromatic carbocycles. The largest absolute Gasteiger partial charge is 0.508 e. The van der Waals surface area contributed by atoms with E-state index in [0.29, 0.717) is 17.4 Å². The highest BCUT2D eigenvalue weighted by atomic mass is 16.3. The van der Waals surface area contributed by atoms with Gasteiger partial charge in [0.2, 0.25) is 5.78 Å². The van der Waals surface area contributed by atoms with Crippen LogP contribution in [0.2, 0.25) is 6.32 Å². The maximum absolute atomic E-state index is 14.0. The Kier molecular flexibility index (Phi) is 5.95. The fourth-order valence-corrected chi connectivity index (χ4v) is 6.60. The molecule has 199 valence electrons. The molecule has 1 saturated carbocycles. The van der Waals surface area contributed by atoms with E-state index >= 15 is 0 Å². The lowest BCUT2D eigenvalue weighted by molar-refractivity contribution is -0.153. The van der Waals surface area contributed by atoms with Crippen LogP contribution in [0.1, 0.15) is 29.0 Å². The Hall–Kier alpha value is -3.64. The first-order valence-corrected chi connectivity index (χ1v) is 12.4. The Balaban J connectivity index is 1.76. The van der Waals surface area contributed by atoms with E-state index in [1.807, 2.05) is 25.1 Å². The predicted octanol–water partition coefficient (Wildman–Crippen LogP) is 0.236. The maximum Gasteiger partial charge on any atom is 0.275 e. The minimum Gasteiger partial charge on any atom is -0.508 e. The molecule has 0 spiro atoms. The highest BCUT2D eigenvalue weighted by molar-refractivity contribution is 6.38. The number of benzene rings is 1. The topological polar surface area (TPSA) is 177 Å². The van der Waals surface area contributed by atoms with Crippen LogP contribution in [-0.4, -0.2) is 96.3 Å². The third-order valence-corrected chi connectivity index (χ3v) is 8.34. The Morgan fingerprint density at radius 1 is 1.18 bits per heavy atom. The van der Waals surface area contributed by atoms with Gasteiger partial charge in [-0.05, 0) is 57.0 Å². The lowest BCUT2D eigenvalue weighted by Crippen LogP contribution is -2.65. The molecule has 1 radical (unpaired) electrons. The summed E-state index contributed by atoms with van der Waals surface area (Å²) in [6.45, 7) is 0. The van der Waals surface area contributed by atoms with E-state index in [4.69, 9.17) is 5.73 Å². The summed E-state index contributed by atoms with van der Waals surface area (Å²) in [5, 5.41) is 45.6. The summed E-state index contributed by atoms with van der Waals surface area (Å²) in [4.78, 5) is 46.8. The number of rotatable bonds is 4. The van der Waals surface area contributed by atoms with Gasteiger partial charge in [0.15, 0.2) is 11.4 Å². The van der Waals surface area contributed by atoms with E-state index in [2.05, 4.69) is 4.90 Å². The number of likely N-dealkylation sites (N-methyl/N-ethyl adjacent to an activating group) is 1. The second-order valence-electron chi connectivity index (χ2n) is 10.9. The number of aromatic hydroxyl groups is 1. The first-order valence-electron chi connectivity index (χ1n) is 12.4. The molecule has 3 aliphatic carbocycles. The molecule has 5 atom stereocenters. The van der Waals surface area contributed by atoms with Gasteiger partial charge < -0.3 is 36.0 Å². The number of anilines is 1. The van der Waals surface area contributed by atoms with Crippen molar-refractivity contribution >= 4 is 42.5 Å².